The molecule has 0 radical (unpaired) electrons. The summed E-state index contributed by atoms with van der Waals surface area (Å²) in [5.41, 5.74) is 1.74. The number of aromatic nitrogens is 2. The Kier molecular flexibility index (Phi) is 4.66. The van der Waals surface area contributed by atoms with Crippen molar-refractivity contribution < 1.29 is 14.5 Å². The molecule has 8 nitrogen and oxygen atoms in total. The molecule has 26 heavy (non-hydrogen) atoms. The zero-order valence-electron chi connectivity index (χ0n) is 14.2. The van der Waals surface area contributed by atoms with Gasteiger partial charge in [0.25, 0.3) is 11.6 Å². The van der Waals surface area contributed by atoms with Gasteiger partial charge in [0.05, 0.1) is 23.4 Å². The van der Waals surface area contributed by atoms with Crippen molar-refractivity contribution in [1.29, 1.82) is 0 Å². The average molecular weight is 352 g/mol. The number of nitro benzene ring substituents is 1. The first-order valence-corrected chi connectivity index (χ1v) is 7.75. The molecule has 0 saturated carbocycles. The molecule has 0 aliphatic carbocycles. The monoisotopic (exact) mass is 352 g/mol. The fraction of sp³-hybridized carbons (Fsp3) is 0.111. The molecule has 0 saturated heterocycles. The maximum atomic E-state index is 12.4. The highest BCUT2D eigenvalue weighted by Crippen LogP contribution is 2.21. The van der Waals surface area contributed by atoms with Gasteiger partial charge in [-0.1, -0.05) is 0 Å². The number of methoxy groups -OCH3 is 1. The molecule has 1 amide bonds. The van der Waals surface area contributed by atoms with Gasteiger partial charge in [0.2, 0.25) is 0 Å². The third-order valence-corrected chi connectivity index (χ3v) is 3.73. The van der Waals surface area contributed by atoms with Crippen LogP contribution >= 0.6 is 0 Å². The molecule has 1 aromatic heterocycles. The molecule has 2 aromatic carbocycles. The highest BCUT2D eigenvalue weighted by molar-refractivity contribution is 6.04. The molecule has 0 atom stereocenters. The Morgan fingerprint density at radius 3 is 2.38 bits per heavy atom. The Hall–Kier alpha value is -3.68. The molecule has 1 heterocycles. The predicted octanol–water partition coefficient (Wildman–Crippen LogP) is 3.35. The molecule has 1 N–H and O–H groups in total. The molecule has 0 aliphatic heterocycles. The Balaban J connectivity index is 1.85. The van der Waals surface area contributed by atoms with E-state index < -0.39 is 4.92 Å². The van der Waals surface area contributed by atoms with E-state index in [9.17, 15) is 14.9 Å². The normalized spacial score (nSPS) is 10.4. The number of carbonyl (C=O) groups excluding carboxylic acids is 1. The van der Waals surface area contributed by atoms with Crippen LogP contribution in [0.5, 0.6) is 5.75 Å². The topological polar surface area (TPSA) is 99.3 Å². The summed E-state index contributed by atoms with van der Waals surface area (Å²) >= 11 is 0. The Morgan fingerprint density at radius 2 is 1.81 bits per heavy atom. The van der Waals surface area contributed by atoms with Crippen LogP contribution in [-0.2, 0) is 0 Å². The molecule has 132 valence electrons. The minimum atomic E-state index is -0.510. The second-order valence-electron chi connectivity index (χ2n) is 5.54. The van der Waals surface area contributed by atoms with Gasteiger partial charge in [0.1, 0.15) is 11.6 Å². The van der Waals surface area contributed by atoms with E-state index >= 15 is 0 Å². The van der Waals surface area contributed by atoms with Gasteiger partial charge in [-0.3, -0.25) is 14.9 Å². The van der Waals surface area contributed by atoms with Crippen molar-refractivity contribution in [3.05, 3.63) is 76.0 Å². The number of anilines is 1. The van der Waals surface area contributed by atoms with Crippen molar-refractivity contribution in [2.24, 2.45) is 0 Å². The number of benzene rings is 2. The summed E-state index contributed by atoms with van der Waals surface area (Å²) < 4.78 is 6.75. The molecule has 3 aromatic rings. The van der Waals surface area contributed by atoms with Gasteiger partial charge in [-0.2, -0.15) is 5.10 Å². The van der Waals surface area contributed by atoms with E-state index in [1.165, 1.54) is 24.3 Å². The molecule has 0 aliphatic rings. The number of hydrogen-bond donors (Lipinski definition) is 1. The van der Waals surface area contributed by atoms with Crippen molar-refractivity contribution >= 4 is 17.4 Å². The second-order valence-corrected chi connectivity index (χ2v) is 5.54. The summed E-state index contributed by atoms with van der Waals surface area (Å²) in [5, 5.41) is 17.9. The summed E-state index contributed by atoms with van der Waals surface area (Å²) in [7, 11) is 1.59. The number of aryl methyl sites for hydroxylation is 1. The summed E-state index contributed by atoms with van der Waals surface area (Å²) in [6.45, 7) is 1.82. The van der Waals surface area contributed by atoms with Crippen molar-refractivity contribution in [2.45, 2.75) is 6.92 Å². The largest absolute Gasteiger partial charge is 0.497 e. The molecule has 0 spiro atoms. The van der Waals surface area contributed by atoms with Crippen LogP contribution in [0.2, 0.25) is 0 Å². The van der Waals surface area contributed by atoms with Gasteiger partial charge in [0.15, 0.2) is 0 Å². The van der Waals surface area contributed by atoms with E-state index in [1.807, 2.05) is 19.1 Å². The number of ether oxygens (including phenoxy) is 1. The molecular formula is C18H16N4O4. The van der Waals surface area contributed by atoms with Gasteiger partial charge in [-0.25, -0.2) is 4.68 Å². The van der Waals surface area contributed by atoms with Crippen LogP contribution in [0.3, 0.4) is 0 Å². The van der Waals surface area contributed by atoms with Gasteiger partial charge in [0, 0.05) is 23.8 Å². The van der Waals surface area contributed by atoms with E-state index in [0.29, 0.717) is 17.1 Å². The lowest BCUT2D eigenvalue weighted by Crippen LogP contribution is -2.15. The molecule has 8 heteroatoms. The summed E-state index contributed by atoms with van der Waals surface area (Å²) in [6.07, 6.45) is 0. The van der Waals surface area contributed by atoms with Crippen LogP contribution in [0.4, 0.5) is 11.5 Å². The lowest BCUT2D eigenvalue weighted by atomic mass is 10.2. The van der Waals surface area contributed by atoms with Crippen molar-refractivity contribution in [3.63, 3.8) is 0 Å². The summed E-state index contributed by atoms with van der Waals surface area (Å²) in [6, 6.07) is 14.4. The SMILES string of the molecule is COc1ccc(-n2nc(C)cc2NC(=O)c2ccc([N+](=O)[O-])cc2)cc1. The quantitative estimate of drug-likeness (QED) is 0.561. The molecule has 3 rings (SSSR count). The van der Waals surface area contributed by atoms with Crippen LogP contribution in [0.1, 0.15) is 16.1 Å². The first-order chi connectivity index (χ1) is 12.5. The van der Waals surface area contributed by atoms with Crippen molar-refractivity contribution in [2.75, 3.05) is 12.4 Å². The number of nitro groups is 1. The third kappa shape index (κ3) is 3.54. The maximum Gasteiger partial charge on any atom is 0.269 e. The first kappa shape index (κ1) is 17.2. The minimum absolute atomic E-state index is 0.0688. The zero-order valence-corrected chi connectivity index (χ0v) is 14.2. The standard InChI is InChI=1S/C18H16N4O4/c1-12-11-17(21(20-12)14-7-9-16(26-2)10-8-14)19-18(23)13-3-5-15(6-4-13)22(24)25/h3-11H,1-2H3,(H,19,23). The lowest BCUT2D eigenvalue weighted by Gasteiger charge is -2.09. The summed E-state index contributed by atoms with van der Waals surface area (Å²) in [4.78, 5) is 22.6. The number of nitrogens with one attached hydrogen (secondary N) is 1. The van der Waals surface area contributed by atoms with Crippen LogP contribution in [0, 0.1) is 17.0 Å². The van der Waals surface area contributed by atoms with Crippen LogP contribution in [-0.4, -0.2) is 27.7 Å². The zero-order chi connectivity index (χ0) is 18.7. The summed E-state index contributed by atoms with van der Waals surface area (Å²) in [5.74, 6) is 0.833. The number of amides is 1. The molecular weight excluding hydrogens is 336 g/mol. The van der Waals surface area contributed by atoms with E-state index in [-0.39, 0.29) is 11.6 Å². The highest BCUT2D eigenvalue weighted by atomic mass is 16.6. The van der Waals surface area contributed by atoms with Gasteiger partial charge < -0.3 is 10.1 Å². The van der Waals surface area contributed by atoms with E-state index in [4.69, 9.17) is 4.74 Å². The van der Waals surface area contributed by atoms with Gasteiger partial charge in [-0.15, -0.1) is 0 Å². The van der Waals surface area contributed by atoms with Crippen molar-refractivity contribution in [3.8, 4) is 11.4 Å². The van der Waals surface area contributed by atoms with Gasteiger partial charge in [-0.05, 0) is 43.3 Å². The van der Waals surface area contributed by atoms with Crippen LogP contribution in [0.25, 0.3) is 5.69 Å². The lowest BCUT2D eigenvalue weighted by molar-refractivity contribution is -0.384. The van der Waals surface area contributed by atoms with Crippen molar-refractivity contribution in [1.82, 2.24) is 9.78 Å². The Morgan fingerprint density at radius 1 is 1.15 bits per heavy atom. The third-order valence-electron chi connectivity index (χ3n) is 3.73. The number of carbonyl (C=O) groups is 1. The molecule has 0 unspecified atom stereocenters. The number of hydrogen-bond acceptors (Lipinski definition) is 5. The van der Waals surface area contributed by atoms with E-state index in [1.54, 1.807) is 30.0 Å². The maximum absolute atomic E-state index is 12.4. The van der Waals surface area contributed by atoms with Gasteiger partial charge >= 0.3 is 0 Å². The van der Waals surface area contributed by atoms with E-state index in [0.717, 1.165) is 11.4 Å². The average Bonchev–Trinajstić information content (AvgIpc) is 3.02. The molecule has 0 fully saturated rings. The highest BCUT2D eigenvalue weighted by Gasteiger charge is 2.14. The Bertz CT molecular complexity index is 946. The van der Waals surface area contributed by atoms with E-state index in [2.05, 4.69) is 10.4 Å². The number of nitrogens with zero attached hydrogens (tertiary/aromatic N) is 3. The number of rotatable bonds is 5. The fourth-order valence-electron chi connectivity index (χ4n) is 2.43. The second kappa shape index (κ2) is 7.06. The molecule has 0 bridgehead atoms. The fourth-order valence-corrected chi connectivity index (χ4v) is 2.43. The minimum Gasteiger partial charge on any atom is -0.497 e. The van der Waals surface area contributed by atoms with Crippen LogP contribution in [0.15, 0.2) is 54.6 Å². The smallest absolute Gasteiger partial charge is 0.269 e. The Labute approximate surface area is 149 Å². The predicted molar refractivity (Wildman–Crippen MR) is 95.9 cm³/mol. The van der Waals surface area contributed by atoms with Crippen LogP contribution < -0.4 is 10.1 Å². The first-order valence-electron chi connectivity index (χ1n) is 7.75. The number of non-ortho nitro benzene ring substituents is 1.